The van der Waals surface area contributed by atoms with E-state index < -0.39 is 0 Å². The number of methoxy groups -OCH3 is 1. The molecular weight excluding hydrogens is 242 g/mol. The van der Waals surface area contributed by atoms with E-state index in [9.17, 15) is 4.79 Å². The Morgan fingerprint density at radius 2 is 2.11 bits per heavy atom. The highest BCUT2D eigenvalue weighted by Crippen LogP contribution is 2.18. The van der Waals surface area contributed by atoms with E-state index in [0.717, 1.165) is 5.56 Å². The van der Waals surface area contributed by atoms with Crippen molar-refractivity contribution in [1.82, 2.24) is 5.32 Å². The van der Waals surface area contributed by atoms with Crippen LogP contribution in [-0.2, 0) is 4.79 Å². The number of carbonyl (C=O) groups is 1. The molecule has 0 aliphatic carbocycles. The largest absolute Gasteiger partial charge is 0.496 e. The van der Waals surface area contributed by atoms with Crippen molar-refractivity contribution in [2.75, 3.05) is 13.7 Å². The summed E-state index contributed by atoms with van der Waals surface area (Å²) in [6.45, 7) is 3.84. The zero-order valence-electron chi connectivity index (χ0n) is 11.6. The Bertz CT molecular complexity index is 441. The van der Waals surface area contributed by atoms with Gasteiger partial charge in [-0.15, -0.1) is 0 Å². The van der Waals surface area contributed by atoms with Gasteiger partial charge in [0, 0.05) is 11.6 Å². The molecule has 2 N–H and O–H groups in total. The number of ether oxygens (including phenoxy) is 1. The maximum absolute atomic E-state index is 11.7. The first kappa shape index (κ1) is 15.2. The number of hydrogen-bond donors (Lipinski definition) is 2. The molecule has 0 aromatic heterocycles. The third-order valence-corrected chi connectivity index (χ3v) is 2.88. The maximum atomic E-state index is 11.7. The van der Waals surface area contributed by atoms with Crippen LogP contribution < -0.4 is 10.1 Å². The van der Waals surface area contributed by atoms with Gasteiger partial charge in [0.25, 0.3) is 0 Å². The summed E-state index contributed by atoms with van der Waals surface area (Å²) in [5, 5.41) is 11.9. The fourth-order valence-electron chi connectivity index (χ4n) is 1.62. The van der Waals surface area contributed by atoms with Crippen molar-refractivity contribution >= 4 is 12.0 Å². The fourth-order valence-corrected chi connectivity index (χ4v) is 1.62. The van der Waals surface area contributed by atoms with Crippen molar-refractivity contribution in [3.05, 3.63) is 35.9 Å². The van der Waals surface area contributed by atoms with E-state index in [1.807, 2.05) is 38.1 Å². The van der Waals surface area contributed by atoms with Crippen molar-refractivity contribution in [1.29, 1.82) is 0 Å². The molecule has 1 aromatic carbocycles. The number of aliphatic hydroxyl groups is 1. The molecule has 0 aliphatic heterocycles. The molecule has 0 spiro atoms. The van der Waals surface area contributed by atoms with Crippen molar-refractivity contribution in [3.63, 3.8) is 0 Å². The molecule has 4 nitrogen and oxygen atoms in total. The number of nitrogens with one attached hydrogen (secondary N) is 1. The van der Waals surface area contributed by atoms with Gasteiger partial charge in [0.1, 0.15) is 5.75 Å². The van der Waals surface area contributed by atoms with Crippen molar-refractivity contribution in [3.8, 4) is 5.75 Å². The van der Waals surface area contributed by atoms with Crippen LogP contribution in [0.1, 0.15) is 19.4 Å². The molecule has 1 unspecified atom stereocenters. The minimum absolute atomic E-state index is 0.0636. The van der Waals surface area contributed by atoms with E-state index in [1.165, 1.54) is 6.08 Å². The summed E-state index contributed by atoms with van der Waals surface area (Å²) in [5.41, 5.74) is 0.838. The molecule has 0 bridgehead atoms. The molecule has 104 valence electrons. The predicted octanol–water partition coefficient (Wildman–Crippen LogP) is 1.84. The van der Waals surface area contributed by atoms with Gasteiger partial charge in [-0.1, -0.05) is 32.0 Å². The van der Waals surface area contributed by atoms with Gasteiger partial charge in [-0.25, -0.2) is 0 Å². The highest BCUT2D eigenvalue weighted by atomic mass is 16.5. The predicted molar refractivity (Wildman–Crippen MR) is 75.9 cm³/mol. The summed E-state index contributed by atoms with van der Waals surface area (Å²) < 4.78 is 5.20. The van der Waals surface area contributed by atoms with Crippen LogP contribution in [-0.4, -0.2) is 30.8 Å². The van der Waals surface area contributed by atoms with Gasteiger partial charge < -0.3 is 15.2 Å². The van der Waals surface area contributed by atoms with Crippen LogP contribution in [0.25, 0.3) is 6.08 Å². The van der Waals surface area contributed by atoms with Gasteiger partial charge in [0.2, 0.25) is 5.91 Å². The summed E-state index contributed by atoms with van der Waals surface area (Å²) in [5.74, 6) is 0.682. The van der Waals surface area contributed by atoms with Crippen LogP contribution in [0.15, 0.2) is 30.3 Å². The lowest BCUT2D eigenvalue weighted by Crippen LogP contribution is -2.40. The molecule has 1 rings (SSSR count). The summed E-state index contributed by atoms with van der Waals surface area (Å²) in [4.78, 5) is 11.7. The summed E-state index contributed by atoms with van der Waals surface area (Å²) in [6.07, 6.45) is 3.14. The van der Waals surface area contributed by atoms with Gasteiger partial charge in [0.05, 0.1) is 19.8 Å². The first-order valence-corrected chi connectivity index (χ1v) is 6.31. The standard InChI is InChI=1S/C15H21NO3/c1-11(2)13(10-17)16-15(18)9-8-12-6-4-5-7-14(12)19-3/h4-9,11,13,17H,10H2,1-3H3,(H,16,18). The maximum Gasteiger partial charge on any atom is 0.244 e. The van der Waals surface area contributed by atoms with E-state index in [0.29, 0.717) is 5.75 Å². The third-order valence-electron chi connectivity index (χ3n) is 2.88. The SMILES string of the molecule is COc1ccccc1C=CC(=O)NC(CO)C(C)C. The number of para-hydroxylation sites is 1. The highest BCUT2D eigenvalue weighted by Gasteiger charge is 2.13. The molecule has 0 aliphatic rings. The number of carbonyl (C=O) groups excluding carboxylic acids is 1. The fraction of sp³-hybridized carbons (Fsp3) is 0.400. The van der Waals surface area contributed by atoms with Crippen LogP contribution in [0, 0.1) is 5.92 Å². The summed E-state index contributed by atoms with van der Waals surface area (Å²) in [6, 6.07) is 7.23. The quantitative estimate of drug-likeness (QED) is 0.770. The molecule has 0 radical (unpaired) electrons. The molecule has 0 fully saturated rings. The van der Waals surface area contributed by atoms with Gasteiger partial charge in [-0.3, -0.25) is 4.79 Å². The minimum atomic E-state index is -0.227. The zero-order valence-corrected chi connectivity index (χ0v) is 11.6. The van der Waals surface area contributed by atoms with Crippen molar-refractivity contribution < 1.29 is 14.6 Å². The molecule has 0 heterocycles. The average molecular weight is 263 g/mol. The molecule has 1 atom stereocenters. The Balaban J connectivity index is 2.68. The Hall–Kier alpha value is -1.81. The third kappa shape index (κ3) is 4.75. The van der Waals surface area contributed by atoms with Crippen molar-refractivity contribution in [2.24, 2.45) is 5.92 Å². The van der Waals surface area contributed by atoms with Crippen LogP contribution in [0.3, 0.4) is 0 Å². The first-order valence-electron chi connectivity index (χ1n) is 6.31. The number of hydrogen-bond acceptors (Lipinski definition) is 3. The monoisotopic (exact) mass is 263 g/mol. The lowest BCUT2D eigenvalue weighted by atomic mass is 10.1. The van der Waals surface area contributed by atoms with Gasteiger partial charge in [0.15, 0.2) is 0 Å². The van der Waals surface area contributed by atoms with Crippen LogP contribution in [0.2, 0.25) is 0 Å². The second-order valence-electron chi connectivity index (χ2n) is 4.62. The zero-order chi connectivity index (χ0) is 14.3. The number of benzene rings is 1. The normalized spacial score (nSPS) is 12.7. The van der Waals surface area contributed by atoms with E-state index in [1.54, 1.807) is 13.2 Å². The van der Waals surface area contributed by atoms with Crippen molar-refractivity contribution in [2.45, 2.75) is 19.9 Å². The van der Waals surface area contributed by atoms with Gasteiger partial charge in [-0.05, 0) is 18.1 Å². The Morgan fingerprint density at radius 3 is 2.68 bits per heavy atom. The number of aliphatic hydroxyl groups excluding tert-OH is 1. The Labute approximate surface area is 114 Å². The lowest BCUT2D eigenvalue weighted by molar-refractivity contribution is -0.117. The van der Waals surface area contributed by atoms with E-state index in [-0.39, 0.29) is 24.5 Å². The summed E-state index contributed by atoms with van der Waals surface area (Å²) in [7, 11) is 1.59. The minimum Gasteiger partial charge on any atom is -0.496 e. The van der Waals surface area contributed by atoms with E-state index in [2.05, 4.69) is 5.32 Å². The van der Waals surface area contributed by atoms with Crippen LogP contribution in [0.4, 0.5) is 0 Å². The smallest absolute Gasteiger partial charge is 0.244 e. The number of amides is 1. The van der Waals surface area contributed by atoms with E-state index >= 15 is 0 Å². The van der Waals surface area contributed by atoms with Gasteiger partial charge in [-0.2, -0.15) is 0 Å². The van der Waals surface area contributed by atoms with Gasteiger partial charge >= 0.3 is 0 Å². The topological polar surface area (TPSA) is 58.6 Å². The molecule has 1 aromatic rings. The number of rotatable bonds is 6. The van der Waals surface area contributed by atoms with Crippen LogP contribution >= 0.6 is 0 Å². The van der Waals surface area contributed by atoms with Crippen LogP contribution in [0.5, 0.6) is 5.75 Å². The molecule has 0 saturated heterocycles. The first-order chi connectivity index (χ1) is 9.08. The molecular formula is C15H21NO3. The van der Waals surface area contributed by atoms with E-state index in [4.69, 9.17) is 9.84 Å². The summed E-state index contributed by atoms with van der Waals surface area (Å²) >= 11 is 0. The molecule has 0 saturated carbocycles. The second-order valence-corrected chi connectivity index (χ2v) is 4.62. The molecule has 1 amide bonds. The lowest BCUT2D eigenvalue weighted by Gasteiger charge is -2.18. The Morgan fingerprint density at radius 1 is 1.42 bits per heavy atom. The Kier molecular flexibility index (Phi) is 6.09. The average Bonchev–Trinajstić information content (AvgIpc) is 2.42. The molecule has 19 heavy (non-hydrogen) atoms. The molecule has 4 heteroatoms. The highest BCUT2D eigenvalue weighted by molar-refractivity contribution is 5.92. The second kappa shape index (κ2) is 7.59.